The third kappa shape index (κ3) is 5.13. The molecule has 0 bridgehead atoms. The van der Waals surface area contributed by atoms with Gasteiger partial charge in [-0.2, -0.15) is 0 Å². The maximum absolute atomic E-state index is 12.3. The minimum atomic E-state index is -1.28. The Labute approximate surface area is 180 Å². The molecule has 0 aromatic heterocycles. The molecule has 0 aromatic rings. The number of allylic oxidation sites excluding steroid dienone is 6. The van der Waals surface area contributed by atoms with Crippen molar-refractivity contribution in [1.29, 1.82) is 0 Å². The Balaban J connectivity index is 1.55. The zero-order valence-electron chi connectivity index (χ0n) is 17.8. The molecule has 3 aliphatic rings. The lowest BCUT2D eigenvalue weighted by atomic mass is 9.84. The van der Waals surface area contributed by atoms with Gasteiger partial charge >= 0.3 is 23.9 Å². The van der Waals surface area contributed by atoms with Gasteiger partial charge in [-0.1, -0.05) is 43.7 Å². The Hall–Kier alpha value is -3.16. The van der Waals surface area contributed by atoms with Crippen LogP contribution in [-0.2, 0) is 38.1 Å². The molecule has 2 aliphatic heterocycles. The van der Waals surface area contributed by atoms with Crippen molar-refractivity contribution in [3.05, 3.63) is 47.6 Å². The maximum Gasteiger partial charge on any atom is 0.348 e. The molecular weight excluding hydrogens is 404 g/mol. The molecule has 1 atom stereocenters. The van der Waals surface area contributed by atoms with Gasteiger partial charge in [0.2, 0.25) is 0 Å². The van der Waals surface area contributed by atoms with Crippen LogP contribution in [0.15, 0.2) is 47.6 Å². The number of carbonyl (C=O) groups excluding carboxylic acids is 4. The van der Waals surface area contributed by atoms with Crippen molar-refractivity contribution < 1.29 is 38.1 Å². The first kappa shape index (κ1) is 22.5. The number of hydrogen-bond acceptors (Lipinski definition) is 8. The van der Waals surface area contributed by atoms with Gasteiger partial charge < -0.3 is 18.9 Å². The first-order valence-corrected chi connectivity index (χ1v) is 10.3. The lowest BCUT2D eigenvalue weighted by Gasteiger charge is -2.43. The lowest BCUT2D eigenvalue weighted by Crippen LogP contribution is -2.52. The summed E-state index contributed by atoms with van der Waals surface area (Å²) in [7, 11) is 0. The molecular formula is C23H26O8. The van der Waals surface area contributed by atoms with E-state index in [0.717, 1.165) is 19.3 Å². The van der Waals surface area contributed by atoms with Crippen molar-refractivity contribution in [3.8, 4) is 0 Å². The minimum absolute atomic E-state index is 0.0281. The molecule has 0 aromatic carbocycles. The van der Waals surface area contributed by atoms with Crippen LogP contribution in [0.3, 0.4) is 0 Å². The number of hydrogen-bond donors (Lipinski definition) is 0. The molecule has 1 aliphatic carbocycles. The van der Waals surface area contributed by atoms with E-state index in [1.54, 1.807) is 18.2 Å². The predicted octanol–water partition coefficient (Wildman–Crippen LogP) is 3.18. The summed E-state index contributed by atoms with van der Waals surface area (Å²) in [6, 6.07) is 0. The van der Waals surface area contributed by atoms with Crippen molar-refractivity contribution >= 4 is 23.9 Å². The summed E-state index contributed by atoms with van der Waals surface area (Å²) >= 11 is 0. The smallest absolute Gasteiger partial charge is 0.348 e. The molecule has 2 heterocycles. The Morgan fingerprint density at radius 1 is 0.839 bits per heavy atom. The van der Waals surface area contributed by atoms with Crippen LogP contribution in [0.2, 0.25) is 0 Å². The molecule has 2 saturated heterocycles. The predicted molar refractivity (Wildman–Crippen MR) is 108 cm³/mol. The van der Waals surface area contributed by atoms with E-state index in [1.165, 1.54) is 32.1 Å². The molecule has 1 saturated carbocycles. The molecule has 8 heteroatoms. The van der Waals surface area contributed by atoms with E-state index in [0.29, 0.717) is 12.8 Å². The Bertz CT molecular complexity index is 861. The third-order valence-corrected chi connectivity index (χ3v) is 5.33. The van der Waals surface area contributed by atoms with Crippen LogP contribution in [0.5, 0.6) is 0 Å². The van der Waals surface area contributed by atoms with Crippen molar-refractivity contribution in [2.75, 3.05) is 0 Å². The van der Waals surface area contributed by atoms with Gasteiger partial charge in [0, 0.05) is 26.2 Å². The standard InChI is InChI=1S/C23H26O8/c1-15-11-9-10-14-23(15)30-20(26)17(21(27)31-23)13-8-6-4-5-7-12-16-18(24)28-22(2,3)29-19(16)25/h4-7,12-13,15H,8-11,14H2,1-3H3/b6-4+,7-5?,17-13?. The zero-order valence-corrected chi connectivity index (χ0v) is 17.8. The summed E-state index contributed by atoms with van der Waals surface area (Å²) in [5.74, 6) is -5.25. The van der Waals surface area contributed by atoms with Crippen molar-refractivity contribution in [2.45, 2.75) is 64.4 Å². The Kier molecular flexibility index (Phi) is 6.48. The maximum atomic E-state index is 12.3. The molecule has 3 fully saturated rings. The van der Waals surface area contributed by atoms with Gasteiger partial charge in [-0.25, -0.2) is 19.2 Å². The first-order chi connectivity index (χ1) is 14.6. The number of rotatable bonds is 4. The molecule has 8 nitrogen and oxygen atoms in total. The molecule has 1 unspecified atom stereocenters. The fraction of sp³-hybridized carbons (Fsp3) is 0.478. The van der Waals surface area contributed by atoms with Gasteiger partial charge in [0.05, 0.1) is 0 Å². The summed E-state index contributed by atoms with van der Waals surface area (Å²) in [5, 5.41) is 0. The summed E-state index contributed by atoms with van der Waals surface area (Å²) in [4.78, 5) is 48.3. The van der Waals surface area contributed by atoms with Gasteiger partial charge in [0.15, 0.2) is 0 Å². The van der Waals surface area contributed by atoms with Gasteiger partial charge in [0.25, 0.3) is 11.6 Å². The van der Waals surface area contributed by atoms with E-state index in [1.807, 2.05) is 6.92 Å². The van der Waals surface area contributed by atoms with Gasteiger partial charge in [0.1, 0.15) is 11.1 Å². The minimum Gasteiger partial charge on any atom is -0.419 e. The summed E-state index contributed by atoms with van der Waals surface area (Å²) in [5.41, 5.74) is -0.320. The monoisotopic (exact) mass is 430 g/mol. The highest BCUT2D eigenvalue weighted by molar-refractivity contribution is 6.16. The van der Waals surface area contributed by atoms with E-state index >= 15 is 0 Å². The molecule has 3 rings (SSSR count). The third-order valence-electron chi connectivity index (χ3n) is 5.33. The fourth-order valence-corrected chi connectivity index (χ4v) is 3.64. The molecule has 0 N–H and O–H groups in total. The van der Waals surface area contributed by atoms with E-state index in [4.69, 9.17) is 18.9 Å². The number of cyclic esters (lactones) is 2. The highest BCUT2D eigenvalue weighted by Gasteiger charge is 2.50. The molecule has 31 heavy (non-hydrogen) atoms. The lowest BCUT2D eigenvalue weighted by molar-refractivity contribution is -0.261. The molecule has 0 amide bonds. The second-order valence-electron chi connectivity index (χ2n) is 8.16. The van der Waals surface area contributed by atoms with Crippen LogP contribution >= 0.6 is 0 Å². The van der Waals surface area contributed by atoms with Crippen LogP contribution in [0.4, 0.5) is 0 Å². The summed E-state index contributed by atoms with van der Waals surface area (Å²) < 4.78 is 21.0. The average Bonchev–Trinajstić information content (AvgIpc) is 2.66. The number of carbonyl (C=O) groups is 4. The highest BCUT2D eigenvalue weighted by Crippen LogP contribution is 2.41. The van der Waals surface area contributed by atoms with Gasteiger partial charge in [-0.05, 0) is 25.3 Å². The zero-order chi connectivity index (χ0) is 22.6. The van der Waals surface area contributed by atoms with Gasteiger partial charge in [-0.15, -0.1) is 0 Å². The van der Waals surface area contributed by atoms with Crippen molar-refractivity contribution in [2.24, 2.45) is 5.92 Å². The van der Waals surface area contributed by atoms with Crippen molar-refractivity contribution in [1.82, 2.24) is 0 Å². The van der Waals surface area contributed by atoms with E-state index < -0.39 is 35.5 Å². The second kappa shape index (κ2) is 8.91. The molecule has 0 radical (unpaired) electrons. The Morgan fingerprint density at radius 3 is 2.06 bits per heavy atom. The fourth-order valence-electron chi connectivity index (χ4n) is 3.64. The van der Waals surface area contributed by atoms with Crippen LogP contribution < -0.4 is 0 Å². The quantitative estimate of drug-likeness (QED) is 0.290. The molecule has 1 spiro atoms. The Morgan fingerprint density at radius 2 is 1.45 bits per heavy atom. The second-order valence-corrected chi connectivity index (χ2v) is 8.16. The number of ether oxygens (including phenoxy) is 4. The van der Waals surface area contributed by atoms with Crippen molar-refractivity contribution in [3.63, 3.8) is 0 Å². The van der Waals surface area contributed by atoms with Crippen LogP contribution in [0.1, 0.15) is 52.9 Å². The van der Waals surface area contributed by atoms with Crippen LogP contribution in [0.25, 0.3) is 0 Å². The van der Waals surface area contributed by atoms with Gasteiger partial charge in [-0.3, -0.25) is 0 Å². The summed E-state index contributed by atoms with van der Waals surface area (Å²) in [6.07, 6.45) is 12.7. The summed E-state index contributed by atoms with van der Waals surface area (Å²) in [6.45, 7) is 4.87. The first-order valence-electron chi connectivity index (χ1n) is 10.3. The van der Waals surface area contributed by atoms with Crippen LogP contribution in [-0.4, -0.2) is 35.5 Å². The topological polar surface area (TPSA) is 105 Å². The average molecular weight is 430 g/mol. The largest absolute Gasteiger partial charge is 0.419 e. The number of esters is 4. The van der Waals surface area contributed by atoms with E-state index in [9.17, 15) is 19.2 Å². The SMILES string of the molecule is CC1CCCCC12OC(=O)C(=CC/C=C/C=CC=C1C(=O)OC(C)(C)OC1=O)C(=O)O2. The molecule has 166 valence electrons. The normalized spacial score (nSPS) is 25.3. The highest BCUT2D eigenvalue weighted by atomic mass is 16.8. The van der Waals surface area contributed by atoms with Crippen LogP contribution in [0, 0.1) is 5.92 Å². The van der Waals surface area contributed by atoms with E-state index in [2.05, 4.69) is 0 Å². The van der Waals surface area contributed by atoms with E-state index in [-0.39, 0.29) is 17.1 Å².